The topological polar surface area (TPSA) is 47.6 Å². The molecule has 0 aromatic heterocycles. The number of rotatable bonds is 7. The second kappa shape index (κ2) is 8.17. The fraction of sp³-hybridized carbons (Fsp3) is 0.278. The lowest BCUT2D eigenvalue weighted by Crippen LogP contribution is -2.24. The van der Waals surface area contributed by atoms with Crippen molar-refractivity contribution < 1.29 is 18.7 Å². The Morgan fingerprint density at radius 2 is 1.83 bits per heavy atom. The zero-order valence-corrected chi connectivity index (χ0v) is 13.3. The van der Waals surface area contributed by atoms with E-state index < -0.39 is 0 Å². The summed E-state index contributed by atoms with van der Waals surface area (Å²) in [6, 6.07) is 12.0. The number of carbonyl (C=O) groups is 1. The number of nitrogens with one attached hydrogen (secondary N) is 1. The van der Waals surface area contributed by atoms with Crippen LogP contribution >= 0.6 is 0 Å². The van der Waals surface area contributed by atoms with Crippen LogP contribution in [0.25, 0.3) is 0 Å². The highest BCUT2D eigenvalue weighted by molar-refractivity contribution is 5.76. The quantitative estimate of drug-likeness (QED) is 0.853. The summed E-state index contributed by atoms with van der Waals surface area (Å²) in [6.45, 7) is 2.37. The molecule has 0 heterocycles. The van der Waals surface area contributed by atoms with E-state index in [1.165, 1.54) is 6.07 Å². The van der Waals surface area contributed by atoms with Crippen LogP contribution in [0.5, 0.6) is 11.5 Å². The number of ether oxygens (including phenoxy) is 2. The molecule has 1 N–H and O–H groups in total. The van der Waals surface area contributed by atoms with Gasteiger partial charge in [-0.25, -0.2) is 4.39 Å². The third-order valence-corrected chi connectivity index (χ3v) is 3.37. The maximum atomic E-state index is 13.2. The van der Waals surface area contributed by atoms with E-state index in [4.69, 9.17) is 9.47 Å². The average Bonchev–Trinajstić information content (AvgIpc) is 2.56. The largest absolute Gasteiger partial charge is 0.497 e. The van der Waals surface area contributed by atoms with Crippen LogP contribution in [0.4, 0.5) is 4.39 Å². The number of halogens is 1. The highest BCUT2D eigenvalue weighted by Gasteiger charge is 2.04. The minimum Gasteiger partial charge on any atom is -0.497 e. The third-order valence-electron chi connectivity index (χ3n) is 3.37. The number of aryl methyl sites for hydroxylation is 1. The SMILES string of the molecule is COc1ccc(OCCC(=O)NCc2ccc(F)c(C)c2)cc1. The Morgan fingerprint density at radius 3 is 2.48 bits per heavy atom. The smallest absolute Gasteiger partial charge is 0.223 e. The van der Waals surface area contributed by atoms with E-state index in [0.717, 1.165) is 11.3 Å². The van der Waals surface area contributed by atoms with Crippen LogP contribution in [0.15, 0.2) is 42.5 Å². The molecule has 0 aliphatic heterocycles. The van der Waals surface area contributed by atoms with Crippen LogP contribution in [-0.2, 0) is 11.3 Å². The summed E-state index contributed by atoms with van der Waals surface area (Å²) >= 11 is 0. The number of hydrogen-bond donors (Lipinski definition) is 1. The molecular formula is C18H20FNO3. The molecule has 1 amide bonds. The highest BCUT2D eigenvalue weighted by atomic mass is 19.1. The van der Waals surface area contributed by atoms with Gasteiger partial charge in [0.05, 0.1) is 20.1 Å². The van der Waals surface area contributed by atoms with E-state index in [9.17, 15) is 9.18 Å². The molecule has 23 heavy (non-hydrogen) atoms. The van der Waals surface area contributed by atoms with E-state index >= 15 is 0 Å². The number of methoxy groups -OCH3 is 1. The first-order chi connectivity index (χ1) is 11.1. The second-order valence-corrected chi connectivity index (χ2v) is 5.13. The normalized spacial score (nSPS) is 10.2. The Hall–Kier alpha value is -2.56. The van der Waals surface area contributed by atoms with Gasteiger partial charge in [-0.05, 0) is 48.4 Å². The van der Waals surface area contributed by atoms with Crippen LogP contribution in [0.3, 0.4) is 0 Å². The molecule has 122 valence electrons. The van der Waals surface area contributed by atoms with Gasteiger partial charge in [-0.1, -0.05) is 12.1 Å². The first kappa shape index (κ1) is 16.8. The van der Waals surface area contributed by atoms with Gasteiger partial charge < -0.3 is 14.8 Å². The van der Waals surface area contributed by atoms with Crippen molar-refractivity contribution in [2.45, 2.75) is 19.9 Å². The van der Waals surface area contributed by atoms with Crippen molar-refractivity contribution in [1.82, 2.24) is 5.32 Å². The Balaban J connectivity index is 1.71. The molecule has 2 rings (SSSR count). The molecule has 5 heteroatoms. The second-order valence-electron chi connectivity index (χ2n) is 5.13. The van der Waals surface area contributed by atoms with Crippen LogP contribution < -0.4 is 14.8 Å². The van der Waals surface area contributed by atoms with Crippen molar-refractivity contribution in [3.05, 3.63) is 59.4 Å². The summed E-state index contributed by atoms with van der Waals surface area (Å²) in [6.07, 6.45) is 0.256. The molecule has 0 saturated carbocycles. The summed E-state index contributed by atoms with van der Waals surface area (Å²) in [5.41, 5.74) is 1.44. The maximum absolute atomic E-state index is 13.2. The summed E-state index contributed by atoms with van der Waals surface area (Å²) in [7, 11) is 1.60. The number of benzene rings is 2. The monoisotopic (exact) mass is 317 g/mol. The van der Waals surface area contributed by atoms with Gasteiger partial charge in [0.25, 0.3) is 0 Å². The maximum Gasteiger partial charge on any atom is 0.223 e. The van der Waals surface area contributed by atoms with Gasteiger partial charge in [0.15, 0.2) is 0 Å². The lowest BCUT2D eigenvalue weighted by atomic mass is 10.1. The van der Waals surface area contributed by atoms with E-state index in [0.29, 0.717) is 24.5 Å². The van der Waals surface area contributed by atoms with Crippen molar-refractivity contribution in [1.29, 1.82) is 0 Å². The van der Waals surface area contributed by atoms with Crippen molar-refractivity contribution >= 4 is 5.91 Å². The molecule has 2 aromatic rings. The molecule has 4 nitrogen and oxygen atoms in total. The lowest BCUT2D eigenvalue weighted by molar-refractivity contribution is -0.121. The van der Waals surface area contributed by atoms with E-state index in [-0.39, 0.29) is 18.1 Å². The number of hydrogen-bond acceptors (Lipinski definition) is 3. The van der Waals surface area contributed by atoms with E-state index in [1.807, 2.05) is 0 Å². The predicted octanol–water partition coefficient (Wildman–Crippen LogP) is 3.23. The standard InChI is InChI=1S/C18H20FNO3/c1-13-11-14(3-8-17(13)19)12-20-18(21)9-10-23-16-6-4-15(22-2)5-7-16/h3-8,11H,9-10,12H2,1-2H3,(H,20,21). The van der Waals surface area contributed by atoms with Crippen molar-refractivity contribution in [2.75, 3.05) is 13.7 Å². The summed E-state index contributed by atoms with van der Waals surface area (Å²) in [5.74, 6) is 1.09. The average molecular weight is 317 g/mol. The molecule has 0 atom stereocenters. The fourth-order valence-corrected chi connectivity index (χ4v) is 2.04. The first-order valence-corrected chi connectivity index (χ1v) is 7.37. The first-order valence-electron chi connectivity index (χ1n) is 7.37. The van der Waals surface area contributed by atoms with Crippen LogP contribution in [0.2, 0.25) is 0 Å². The Kier molecular flexibility index (Phi) is 5.97. The molecule has 0 unspecified atom stereocenters. The van der Waals surface area contributed by atoms with Gasteiger partial charge in [-0.2, -0.15) is 0 Å². The fourth-order valence-electron chi connectivity index (χ4n) is 2.04. The van der Waals surface area contributed by atoms with Crippen molar-refractivity contribution in [2.24, 2.45) is 0 Å². The van der Waals surface area contributed by atoms with Crippen molar-refractivity contribution in [3.8, 4) is 11.5 Å². The Labute approximate surface area is 135 Å². The van der Waals surface area contributed by atoms with Gasteiger partial charge in [-0.15, -0.1) is 0 Å². The van der Waals surface area contributed by atoms with Gasteiger partial charge in [0.1, 0.15) is 17.3 Å². The summed E-state index contributed by atoms with van der Waals surface area (Å²) < 4.78 is 23.7. The molecule has 2 aromatic carbocycles. The van der Waals surface area contributed by atoms with Crippen LogP contribution in [0, 0.1) is 12.7 Å². The molecule has 0 spiro atoms. The van der Waals surface area contributed by atoms with Gasteiger partial charge in [0.2, 0.25) is 5.91 Å². The van der Waals surface area contributed by atoms with E-state index in [2.05, 4.69) is 5.32 Å². The summed E-state index contributed by atoms with van der Waals surface area (Å²) in [4.78, 5) is 11.8. The molecule has 0 bridgehead atoms. The van der Waals surface area contributed by atoms with Crippen LogP contribution in [-0.4, -0.2) is 19.6 Å². The molecule has 0 saturated heterocycles. The number of amides is 1. The van der Waals surface area contributed by atoms with Gasteiger partial charge in [-0.3, -0.25) is 4.79 Å². The lowest BCUT2D eigenvalue weighted by Gasteiger charge is -2.08. The van der Waals surface area contributed by atoms with Crippen LogP contribution in [0.1, 0.15) is 17.5 Å². The molecule has 0 fully saturated rings. The minimum atomic E-state index is -0.243. The zero-order chi connectivity index (χ0) is 16.7. The summed E-state index contributed by atoms with van der Waals surface area (Å²) in [5, 5.41) is 2.79. The highest BCUT2D eigenvalue weighted by Crippen LogP contribution is 2.17. The Morgan fingerprint density at radius 1 is 1.13 bits per heavy atom. The molecular weight excluding hydrogens is 297 g/mol. The minimum absolute atomic E-state index is 0.111. The molecule has 0 aliphatic carbocycles. The Bertz CT molecular complexity index is 656. The van der Waals surface area contributed by atoms with Gasteiger partial charge >= 0.3 is 0 Å². The third kappa shape index (κ3) is 5.29. The zero-order valence-electron chi connectivity index (χ0n) is 13.3. The number of carbonyl (C=O) groups excluding carboxylic acids is 1. The molecule has 0 radical (unpaired) electrons. The van der Waals surface area contributed by atoms with Gasteiger partial charge in [0, 0.05) is 6.54 Å². The van der Waals surface area contributed by atoms with E-state index in [1.54, 1.807) is 50.4 Å². The molecule has 0 aliphatic rings. The van der Waals surface area contributed by atoms with Crippen molar-refractivity contribution in [3.63, 3.8) is 0 Å². The predicted molar refractivity (Wildman–Crippen MR) is 86.1 cm³/mol.